The molecule has 20 heavy (non-hydrogen) atoms. The van der Waals surface area contributed by atoms with Gasteiger partial charge in [0.1, 0.15) is 0 Å². The molecule has 112 valence electrons. The predicted octanol–water partition coefficient (Wildman–Crippen LogP) is 2.41. The van der Waals surface area contributed by atoms with Gasteiger partial charge in [0.2, 0.25) is 10.0 Å². The van der Waals surface area contributed by atoms with Gasteiger partial charge in [-0.2, -0.15) is 0 Å². The van der Waals surface area contributed by atoms with E-state index >= 15 is 0 Å². The Hall–Kier alpha value is -0.330. The van der Waals surface area contributed by atoms with Crippen LogP contribution in [-0.2, 0) is 15.8 Å². The quantitative estimate of drug-likeness (QED) is 0.868. The Labute approximate surface area is 129 Å². The molecule has 1 atom stereocenters. The van der Waals surface area contributed by atoms with Gasteiger partial charge in [0, 0.05) is 6.54 Å². The third-order valence-corrected chi connectivity index (χ3v) is 5.39. The highest BCUT2D eigenvalue weighted by Gasteiger charge is 2.17. The van der Waals surface area contributed by atoms with E-state index in [9.17, 15) is 8.42 Å². The van der Waals surface area contributed by atoms with Crippen LogP contribution in [-0.4, -0.2) is 28.1 Å². The first kappa shape index (κ1) is 16.0. The zero-order valence-electron chi connectivity index (χ0n) is 11.0. The third-order valence-electron chi connectivity index (χ3n) is 3.33. The lowest BCUT2D eigenvalue weighted by molar-refractivity contribution is 0.376. The fourth-order valence-electron chi connectivity index (χ4n) is 2.24. The summed E-state index contributed by atoms with van der Waals surface area (Å²) < 4.78 is 26.7. The van der Waals surface area contributed by atoms with Gasteiger partial charge < -0.3 is 5.32 Å². The smallest absolute Gasteiger partial charge is 0.215 e. The van der Waals surface area contributed by atoms with E-state index in [2.05, 4.69) is 10.0 Å². The second-order valence-electron chi connectivity index (χ2n) is 5.07. The summed E-state index contributed by atoms with van der Waals surface area (Å²) in [6.45, 7) is 2.37. The summed E-state index contributed by atoms with van der Waals surface area (Å²) in [4.78, 5) is 0. The minimum atomic E-state index is -3.34. The highest BCUT2D eigenvalue weighted by atomic mass is 35.5. The van der Waals surface area contributed by atoms with Crippen LogP contribution in [0, 0.1) is 5.92 Å². The Balaban J connectivity index is 1.91. The van der Waals surface area contributed by atoms with Crippen molar-refractivity contribution in [2.45, 2.75) is 18.6 Å². The monoisotopic (exact) mass is 336 g/mol. The van der Waals surface area contributed by atoms with Gasteiger partial charge in [-0.1, -0.05) is 29.3 Å². The summed E-state index contributed by atoms with van der Waals surface area (Å²) in [5, 5.41) is 4.06. The molecule has 4 nitrogen and oxygen atoms in total. The number of halogens is 2. The van der Waals surface area contributed by atoms with Crippen LogP contribution in [0.1, 0.15) is 18.4 Å². The maximum atomic E-state index is 12.0. The van der Waals surface area contributed by atoms with Crippen molar-refractivity contribution in [2.75, 3.05) is 19.6 Å². The van der Waals surface area contributed by atoms with Gasteiger partial charge in [-0.15, -0.1) is 0 Å². The van der Waals surface area contributed by atoms with Gasteiger partial charge in [0.15, 0.2) is 0 Å². The molecule has 1 unspecified atom stereocenters. The molecule has 0 saturated carbocycles. The predicted molar refractivity (Wildman–Crippen MR) is 82.7 cm³/mol. The average Bonchev–Trinajstić information content (AvgIpc) is 2.42. The van der Waals surface area contributed by atoms with Crippen LogP contribution in [0.4, 0.5) is 0 Å². The summed E-state index contributed by atoms with van der Waals surface area (Å²) in [5.74, 6) is 0.289. The number of hydrogen-bond acceptors (Lipinski definition) is 3. The van der Waals surface area contributed by atoms with Crippen LogP contribution in [0.3, 0.4) is 0 Å². The maximum Gasteiger partial charge on any atom is 0.215 e. The van der Waals surface area contributed by atoms with Crippen LogP contribution >= 0.6 is 23.2 Å². The molecule has 1 aromatic carbocycles. The van der Waals surface area contributed by atoms with E-state index in [0.717, 1.165) is 25.9 Å². The highest BCUT2D eigenvalue weighted by Crippen LogP contribution is 2.23. The lowest BCUT2D eigenvalue weighted by atomic mass is 10.0. The number of sulfonamides is 1. The molecule has 0 aromatic heterocycles. The van der Waals surface area contributed by atoms with Crippen molar-refractivity contribution in [2.24, 2.45) is 5.92 Å². The Kier molecular flexibility index (Phi) is 5.69. The van der Waals surface area contributed by atoms with Crippen molar-refractivity contribution in [1.29, 1.82) is 0 Å². The second-order valence-corrected chi connectivity index (χ2v) is 7.69. The van der Waals surface area contributed by atoms with E-state index in [1.807, 2.05) is 0 Å². The minimum absolute atomic E-state index is 0.0793. The first-order valence-corrected chi connectivity index (χ1v) is 8.99. The van der Waals surface area contributed by atoms with E-state index in [-0.39, 0.29) is 5.75 Å². The molecule has 0 aliphatic carbocycles. The Morgan fingerprint density at radius 3 is 2.75 bits per heavy atom. The summed E-state index contributed by atoms with van der Waals surface area (Å²) in [7, 11) is -3.34. The highest BCUT2D eigenvalue weighted by molar-refractivity contribution is 7.88. The molecule has 1 aliphatic heterocycles. The van der Waals surface area contributed by atoms with Crippen molar-refractivity contribution in [1.82, 2.24) is 10.0 Å². The van der Waals surface area contributed by atoms with Gasteiger partial charge >= 0.3 is 0 Å². The van der Waals surface area contributed by atoms with Crippen LogP contribution in [0.2, 0.25) is 10.0 Å². The summed E-state index contributed by atoms with van der Waals surface area (Å²) >= 11 is 11.7. The lowest BCUT2D eigenvalue weighted by Gasteiger charge is -2.22. The molecule has 0 radical (unpaired) electrons. The molecule has 1 fully saturated rings. The van der Waals surface area contributed by atoms with Crippen LogP contribution < -0.4 is 10.0 Å². The van der Waals surface area contributed by atoms with Crippen molar-refractivity contribution in [3.05, 3.63) is 33.8 Å². The van der Waals surface area contributed by atoms with E-state index in [4.69, 9.17) is 23.2 Å². The number of nitrogens with one attached hydrogen (secondary N) is 2. The third kappa shape index (κ3) is 4.90. The number of rotatable bonds is 5. The van der Waals surface area contributed by atoms with E-state index in [1.165, 1.54) is 0 Å². The number of hydrogen-bond donors (Lipinski definition) is 2. The van der Waals surface area contributed by atoms with Gasteiger partial charge in [-0.3, -0.25) is 0 Å². The standard InChI is InChI=1S/C13H18Cl2N2O2S/c14-12-4-3-10(6-13(12)15)9-20(18,19)17-8-11-2-1-5-16-7-11/h3-4,6,11,16-17H,1-2,5,7-9H2. The minimum Gasteiger partial charge on any atom is -0.316 e. The van der Waals surface area contributed by atoms with Crippen molar-refractivity contribution < 1.29 is 8.42 Å². The van der Waals surface area contributed by atoms with Gasteiger partial charge in [0.05, 0.1) is 15.8 Å². The molecule has 0 amide bonds. The topological polar surface area (TPSA) is 58.2 Å². The largest absolute Gasteiger partial charge is 0.316 e. The zero-order valence-corrected chi connectivity index (χ0v) is 13.4. The second kappa shape index (κ2) is 7.09. The van der Waals surface area contributed by atoms with E-state index in [0.29, 0.717) is 28.1 Å². The maximum absolute atomic E-state index is 12.0. The van der Waals surface area contributed by atoms with Gasteiger partial charge in [-0.25, -0.2) is 13.1 Å². The van der Waals surface area contributed by atoms with Crippen molar-refractivity contribution in [3.8, 4) is 0 Å². The molecule has 1 aromatic rings. The normalized spacial score (nSPS) is 20.0. The summed E-state index contributed by atoms with van der Waals surface area (Å²) in [6, 6.07) is 4.88. The molecular formula is C13H18Cl2N2O2S. The van der Waals surface area contributed by atoms with E-state index in [1.54, 1.807) is 18.2 Å². The summed E-state index contributed by atoms with van der Waals surface area (Å²) in [6.07, 6.45) is 2.15. The molecule has 7 heteroatoms. The van der Waals surface area contributed by atoms with Crippen LogP contribution in [0.5, 0.6) is 0 Å². The molecule has 1 heterocycles. The first-order chi connectivity index (χ1) is 9.46. The number of piperidine rings is 1. The Morgan fingerprint density at radius 1 is 1.30 bits per heavy atom. The SMILES string of the molecule is O=S(=O)(Cc1ccc(Cl)c(Cl)c1)NCC1CCCNC1. The molecule has 2 rings (SSSR count). The van der Waals surface area contributed by atoms with Crippen molar-refractivity contribution in [3.63, 3.8) is 0 Å². The molecule has 1 aliphatic rings. The van der Waals surface area contributed by atoms with Crippen LogP contribution in [0.25, 0.3) is 0 Å². The van der Waals surface area contributed by atoms with E-state index < -0.39 is 10.0 Å². The van der Waals surface area contributed by atoms with Gasteiger partial charge in [-0.05, 0) is 49.5 Å². The van der Waals surface area contributed by atoms with Gasteiger partial charge in [0.25, 0.3) is 0 Å². The van der Waals surface area contributed by atoms with Crippen LogP contribution in [0.15, 0.2) is 18.2 Å². The summed E-state index contributed by atoms with van der Waals surface area (Å²) in [5.41, 5.74) is 0.633. The van der Waals surface area contributed by atoms with Crippen molar-refractivity contribution >= 4 is 33.2 Å². The number of benzene rings is 1. The molecule has 2 N–H and O–H groups in total. The fourth-order valence-corrected chi connectivity index (χ4v) is 3.77. The molecule has 0 bridgehead atoms. The average molecular weight is 337 g/mol. The zero-order chi connectivity index (χ0) is 14.6. The molecular weight excluding hydrogens is 319 g/mol. The fraction of sp³-hybridized carbons (Fsp3) is 0.538. The first-order valence-electron chi connectivity index (χ1n) is 6.58. The Morgan fingerprint density at radius 2 is 2.10 bits per heavy atom. The lowest BCUT2D eigenvalue weighted by Crippen LogP contribution is -2.38. The molecule has 0 spiro atoms. The molecule has 1 saturated heterocycles. The Bertz CT molecular complexity index is 557.